The van der Waals surface area contributed by atoms with Crippen LogP contribution in [0.1, 0.15) is 10.4 Å². The van der Waals surface area contributed by atoms with Crippen molar-refractivity contribution in [3.05, 3.63) is 41.8 Å². The average molecular weight is 191 g/mol. The van der Waals surface area contributed by atoms with Crippen molar-refractivity contribution < 1.29 is 14.3 Å². The summed E-state index contributed by atoms with van der Waals surface area (Å²) in [5.41, 5.74) is 0.155. The van der Waals surface area contributed by atoms with Gasteiger partial charge in [-0.2, -0.15) is 0 Å². The average Bonchev–Trinajstić information content (AvgIpc) is 2.17. The van der Waals surface area contributed by atoms with Gasteiger partial charge in [0.15, 0.2) is 0 Å². The Kier molecular flexibility index (Phi) is 1.89. The lowest BCUT2D eigenvalue weighted by molar-refractivity contribution is 0.0694. The number of aromatic carboxylic acids is 1. The zero-order valence-corrected chi connectivity index (χ0v) is 7.07. The minimum absolute atomic E-state index is 0.319. The zero-order valence-electron chi connectivity index (χ0n) is 7.07. The van der Waals surface area contributed by atoms with Crippen molar-refractivity contribution in [2.75, 3.05) is 0 Å². The molecule has 0 aliphatic heterocycles. The van der Waals surface area contributed by atoms with E-state index in [4.69, 9.17) is 5.11 Å². The van der Waals surface area contributed by atoms with Crippen molar-refractivity contribution in [3.63, 3.8) is 0 Å². The smallest absolute Gasteiger partial charge is 0.339 e. The molecule has 4 heteroatoms. The Morgan fingerprint density at radius 2 is 2.14 bits per heavy atom. The number of hydrogen-bond acceptors (Lipinski definition) is 2. The minimum atomic E-state index is -1.28. The van der Waals surface area contributed by atoms with Gasteiger partial charge in [-0.25, -0.2) is 9.18 Å². The number of carbonyl (C=O) groups is 1. The quantitative estimate of drug-likeness (QED) is 0.750. The molecule has 0 spiro atoms. The van der Waals surface area contributed by atoms with Crippen LogP contribution in [-0.2, 0) is 0 Å². The molecule has 14 heavy (non-hydrogen) atoms. The third-order valence-electron chi connectivity index (χ3n) is 1.95. The number of pyridine rings is 1. The van der Waals surface area contributed by atoms with Gasteiger partial charge in [-0.15, -0.1) is 0 Å². The largest absolute Gasteiger partial charge is 0.478 e. The van der Waals surface area contributed by atoms with Gasteiger partial charge in [0.2, 0.25) is 0 Å². The van der Waals surface area contributed by atoms with E-state index in [1.165, 1.54) is 18.3 Å². The maximum Gasteiger partial charge on any atom is 0.339 e. The van der Waals surface area contributed by atoms with E-state index in [0.29, 0.717) is 10.9 Å². The predicted molar refractivity (Wildman–Crippen MR) is 48.7 cm³/mol. The standard InChI is InChI=1S/C10H6FNO2/c11-7-3-4-8-6(2-1-5-12-8)9(7)10(13)14/h1-5H,(H,13,14). The first-order valence-corrected chi connectivity index (χ1v) is 3.96. The van der Waals surface area contributed by atoms with E-state index in [-0.39, 0.29) is 5.56 Å². The molecule has 0 amide bonds. The number of fused-ring (bicyclic) bond motifs is 1. The van der Waals surface area contributed by atoms with Crippen molar-refractivity contribution in [1.29, 1.82) is 0 Å². The van der Waals surface area contributed by atoms with Gasteiger partial charge in [0, 0.05) is 11.6 Å². The summed E-state index contributed by atoms with van der Waals surface area (Å²) in [6.07, 6.45) is 1.53. The molecule has 70 valence electrons. The van der Waals surface area contributed by atoms with Gasteiger partial charge in [-0.05, 0) is 18.2 Å². The molecule has 0 aliphatic carbocycles. The lowest BCUT2D eigenvalue weighted by Crippen LogP contribution is -2.01. The van der Waals surface area contributed by atoms with Crippen LogP contribution in [0.5, 0.6) is 0 Å². The molecule has 2 rings (SSSR count). The summed E-state index contributed by atoms with van der Waals surface area (Å²) in [7, 11) is 0. The first-order valence-electron chi connectivity index (χ1n) is 3.96. The third-order valence-corrected chi connectivity index (χ3v) is 1.95. The second-order valence-electron chi connectivity index (χ2n) is 2.80. The number of nitrogens with zero attached hydrogens (tertiary/aromatic N) is 1. The van der Waals surface area contributed by atoms with Crippen molar-refractivity contribution >= 4 is 16.9 Å². The fourth-order valence-corrected chi connectivity index (χ4v) is 1.34. The number of aromatic nitrogens is 1. The molecular formula is C10H6FNO2. The van der Waals surface area contributed by atoms with E-state index in [1.807, 2.05) is 0 Å². The van der Waals surface area contributed by atoms with Gasteiger partial charge < -0.3 is 5.11 Å². The molecule has 0 unspecified atom stereocenters. The molecule has 1 heterocycles. The normalized spacial score (nSPS) is 10.4. The summed E-state index contributed by atoms with van der Waals surface area (Å²) in [5, 5.41) is 9.12. The van der Waals surface area contributed by atoms with Crippen molar-refractivity contribution in [3.8, 4) is 0 Å². The molecular weight excluding hydrogens is 185 g/mol. The minimum Gasteiger partial charge on any atom is -0.478 e. The summed E-state index contributed by atoms with van der Waals surface area (Å²) in [4.78, 5) is 14.7. The monoisotopic (exact) mass is 191 g/mol. The SMILES string of the molecule is O=C(O)c1c(F)ccc2ncccc12. The van der Waals surface area contributed by atoms with Gasteiger partial charge in [0.05, 0.1) is 5.52 Å². The molecule has 0 aliphatic rings. The van der Waals surface area contributed by atoms with Gasteiger partial charge in [0.1, 0.15) is 11.4 Å². The highest BCUT2D eigenvalue weighted by Crippen LogP contribution is 2.19. The van der Waals surface area contributed by atoms with Crippen LogP contribution in [0, 0.1) is 5.82 Å². The number of hydrogen-bond donors (Lipinski definition) is 1. The molecule has 0 saturated heterocycles. The summed E-state index contributed by atoms with van der Waals surface area (Å²) in [5.74, 6) is -2.01. The number of carboxylic acids is 1. The predicted octanol–water partition coefficient (Wildman–Crippen LogP) is 2.07. The van der Waals surface area contributed by atoms with Crippen LogP contribution < -0.4 is 0 Å². The van der Waals surface area contributed by atoms with E-state index in [0.717, 1.165) is 6.07 Å². The lowest BCUT2D eigenvalue weighted by Gasteiger charge is -2.01. The van der Waals surface area contributed by atoms with Crippen molar-refractivity contribution in [2.45, 2.75) is 0 Å². The van der Waals surface area contributed by atoms with E-state index in [9.17, 15) is 9.18 Å². The summed E-state index contributed by atoms with van der Waals surface area (Å²) < 4.78 is 13.2. The van der Waals surface area contributed by atoms with E-state index in [1.54, 1.807) is 6.07 Å². The van der Waals surface area contributed by atoms with Crippen molar-refractivity contribution in [2.24, 2.45) is 0 Å². The van der Waals surface area contributed by atoms with Crippen LogP contribution in [0.3, 0.4) is 0 Å². The Hall–Kier alpha value is -1.97. The van der Waals surface area contributed by atoms with Crippen LogP contribution in [-0.4, -0.2) is 16.1 Å². The molecule has 0 bridgehead atoms. The summed E-state index contributed by atoms with van der Waals surface area (Å²) in [6, 6.07) is 5.68. The molecule has 3 nitrogen and oxygen atoms in total. The van der Waals surface area contributed by atoms with Crippen LogP contribution in [0.25, 0.3) is 10.9 Å². The summed E-state index contributed by atoms with van der Waals surface area (Å²) >= 11 is 0. The molecule has 0 fully saturated rings. The van der Waals surface area contributed by atoms with E-state index < -0.39 is 11.8 Å². The van der Waals surface area contributed by atoms with Crippen LogP contribution in [0.15, 0.2) is 30.5 Å². The molecule has 0 saturated carbocycles. The zero-order chi connectivity index (χ0) is 10.1. The maximum atomic E-state index is 13.2. The highest BCUT2D eigenvalue weighted by molar-refractivity contribution is 6.02. The van der Waals surface area contributed by atoms with Crippen LogP contribution in [0.4, 0.5) is 4.39 Å². The Labute approximate surface area is 78.8 Å². The molecule has 0 atom stereocenters. The lowest BCUT2D eigenvalue weighted by atomic mass is 10.1. The highest BCUT2D eigenvalue weighted by atomic mass is 19.1. The Morgan fingerprint density at radius 3 is 2.86 bits per heavy atom. The van der Waals surface area contributed by atoms with Crippen molar-refractivity contribution in [1.82, 2.24) is 4.98 Å². The fourth-order valence-electron chi connectivity index (χ4n) is 1.34. The molecule has 1 N–H and O–H groups in total. The van der Waals surface area contributed by atoms with Gasteiger partial charge in [0.25, 0.3) is 0 Å². The van der Waals surface area contributed by atoms with E-state index in [2.05, 4.69) is 4.98 Å². The van der Waals surface area contributed by atoms with Gasteiger partial charge >= 0.3 is 5.97 Å². The van der Waals surface area contributed by atoms with Gasteiger partial charge in [-0.1, -0.05) is 6.07 Å². The second-order valence-corrected chi connectivity index (χ2v) is 2.80. The molecule has 1 aromatic heterocycles. The molecule has 2 aromatic rings. The number of halogens is 1. The first-order chi connectivity index (χ1) is 6.70. The maximum absolute atomic E-state index is 13.2. The first kappa shape index (κ1) is 8.62. The van der Waals surface area contributed by atoms with E-state index >= 15 is 0 Å². The van der Waals surface area contributed by atoms with Gasteiger partial charge in [-0.3, -0.25) is 4.98 Å². The number of rotatable bonds is 1. The highest BCUT2D eigenvalue weighted by Gasteiger charge is 2.14. The number of benzene rings is 1. The topological polar surface area (TPSA) is 50.2 Å². The molecule has 0 radical (unpaired) electrons. The fraction of sp³-hybridized carbons (Fsp3) is 0. The Balaban J connectivity index is 2.90. The molecule has 1 aromatic carbocycles. The summed E-state index contributed by atoms with van der Waals surface area (Å²) in [6.45, 7) is 0. The second kappa shape index (κ2) is 3.06. The van der Waals surface area contributed by atoms with Crippen LogP contribution >= 0.6 is 0 Å². The Morgan fingerprint density at radius 1 is 1.36 bits per heavy atom. The number of carboxylic acid groups (broad SMARTS) is 1. The Bertz CT molecular complexity index is 510. The van der Waals surface area contributed by atoms with Crippen LogP contribution in [0.2, 0.25) is 0 Å². The third kappa shape index (κ3) is 1.21.